The molecule has 5 heteroatoms. The molecule has 0 atom stereocenters. The average Bonchev–Trinajstić information content (AvgIpc) is 2.62. The Hall–Kier alpha value is -2.30. The molecule has 0 aliphatic heterocycles. The summed E-state index contributed by atoms with van der Waals surface area (Å²) in [5.74, 6) is -1.16. The van der Waals surface area contributed by atoms with Crippen molar-refractivity contribution in [2.45, 2.75) is 6.92 Å². The van der Waals surface area contributed by atoms with Gasteiger partial charge >= 0.3 is 5.97 Å². The maximum Gasteiger partial charge on any atom is 0.354 e. The van der Waals surface area contributed by atoms with Crippen LogP contribution in [-0.4, -0.2) is 21.3 Å². The number of carbonyl (C=O) groups is 1. The summed E-state index contributed by atoms with van der Waals surface area (Å²) in [6.07, 6.45) is 0. The van der Waals surface area contributed by atoms with E-state index in [2.05, 4.69) is 10.2 Å². The molecule has 0 saturated carbocycles. The van der Waals surface area contributed by atoms with Gasteiger partial charge in [0, 0.05) is 0 Å². The van der Waals surface area contributed by atoms with Crippen LogP contribution in [0.3, 0.4) is 0 Å². The van der Waals surface area contributed by atoms with Gasteiger partial charge in [0.2, 0.25) is 0 Å². The molecule has 1 aromatic carbocycles. The lowest BCUT2D eigenvalue weighted by Gasteiger charge is -1.99. The molecule has 0 aliphatic carbocycles. The fourth-order valence-electron chi connectivity index (χ4n) is 1.51. The molecule has 0 unspecified atom stereocenters. The summed E-state index contributed by atoms with van der Waals surface area (Å²) >= 11 is 0. The van der Waals surface area contributed by atoms with Crippen molar-refractivity contribution in [3.05, 3.63) is 45.9 Å². The number of nitrogens with one attached hydrogen (secondary N) is 2. The minimum atomic E-state index is -1.16. The first-order chi connectivity index (χ1) is 7.59. The summed E-state index contributed by atoms with van der Waals surface area (Å²) in [5.41, 5.74) is 1.25. The van der Waals surface area contributed by atoms with Crippen LogP contribution in [0.1, 0.15) is 16.1 Å². The van der Waals surface area contributed by atoms with Gasteiger partial charge in [0.15, 0.2) is 5.69 Å². The molecular formula is C11H10N2O3. The van der Waals surface area contributed by atoms with E-state index in [4.69, 9.17) is 5.11 Å². The van der Waals surface area contributed by atoms with Crippen molar-refractivity contribution in [2.75, 3.05) is 0 Å². The van der Waals surface area contributed by atoms with Gasteiger partial charge in [-0.1, -0.05) is 29.8 Å². The van der Waals surface area contributed by atoms with Crippen molar-refractivity contribution in [1.82, 2.24) is 10.2 Å². The van der Waals surface area contributed by atoms with Crippen LogP contribution in [0.2, 0.25) is 0 Å². The fraction of sp³-hybridized carbons (Fsp3) is 0.0909. The number of benzene rings is 1. The zero-order valence-electron chi connectivity index (χ0n) is 8.57. The highest BCUT2D eigenvalue weighted by Crippen LogP contribution is 2.18. The number of aromatic nitrogens is 2. The van der Waals surface area contributed by atoms with Gasteiger partial charge in [-0.3, -0.25) is 15.0 Å². The van der Waals surface area contributed by atoms with E-state index in [1.54, 1.807) is 12.1 Å². The van der Waals surface area contributed by atoms with Gasteiger partial charge in [0.25, 0.3) is 5.56 Å². The number of carboxylic acids is 1. The highest BCUT2D eigenvalue weighted by molar-refractivity contribution is 5.93. The van der Waals surface area contributed by atoms with Crippen molar-refractivity contribution >= 4 is 5.97 Å². The molecule has 0 bridgehead atoms. The van der Waals surface area contributed by atoms with E-state index in [0.717, 1.165) is 5.56 Å². The second-order valence-electron chi connectivity index (χ2n) is 3.50. The summed E-state index contributed by atoms with van der Waals surface area (Å²) in [6.45, 7) is 1.92. The van der Waals surface area contributed by atoms with Crippen LogP contribution in [0, 0.1) is 6.92 Å². The lowest BCUT2D eigenvalue weighted by molar-refractivity contribution is 0.0691. The summed E-state index contributed by atoms with van der Waals surface area (Å²) in [6, 6.07) is 7.10. The SMILES string of the molecule is Cc1ccc(-c2c(C(=O)O)[nH][nH]c2=O)cc1. The average molecular weight is 218 g/mol. The van der Waals surface area contributed by atoms with Crippen molar-refractivity contribution in [1.29, 1.82) is 0 Å². The molecule has 0 amide bonds. The zero-order chi connectivity index (χ0) is 11.7. The second-order valence-corrected chi connectivity index (χ2v) is 3.50. The predicted octanol–water partition coefficient (Wildman–Crippen LogP) is 1.38. The highest BCUT2D eigenvalue weighted by Gasteiger charge is 2.17. The highest BCUT2D eigenvalue weighted by atomic mass is 16.4. The van der Waals surface area contributed by atoms with Crippen molar-refractivity contribution in [3.63, 3.8) is 0 Å². The van der Waals surface area contributed by atoms with Crippen LogP contribution in [0.4, 0.5) is 0 Å². The van der Waals surface area contributed by atoms with E-state index in [1.165, 1.54) is 0 Å². The van der Waals surface area contributed by atoms with E-state index in [0.29, 0.717) is 5.56 Å². The van der Waals surface area contributed by atoms with Crippen LogP contribution >= 0.6 is 0 Å². The van der Waals surface area contributed by atoms with E-state index in [-0.39, 0.29) is 11.3 Å². The minimum absolute atomic E-state index is 0.117. The van der Waals surface area contributed by atoms with Gasteiger partial charge in [-0.2, -0.15) is 0 Å². The Labute approximate surface area is 90.7 Å². The van der Waals surface area contributed by atoms with Crippen LogP contribution in [0.25, 0.3) is 11.1 Å². The third kappa shape index (κ3) is 1.63. The Balaban J connectivity index is 2.63. The molecule has 0 fully saturated rings. The van der Waals surface area contributed by atoms with Crippen molar-refractivity contribution in [2.24, 2.45) is 0 Å². The monoisotopic (exact) mass is 218 g/mol. The first kappa shape index (κ1) is 10.2. The lowest BCUT2D eigenvalue weighted by Crippen LogP contribution is -2.05. The number of hydrogen-bond donors (Lipinski definition) is 3. The minimum Gasteiger partial charge on any atom is -0.477 e. The summed E-state index contributed by atoms with van der Waals surface area (Å²) < 4.78 is 0. The summed E-state index contributed by atoms with van der Waals surface area (Å²) in [5, 5.41) is 13.5. The molecule has 2 aromatic rings. The third-order valence-electron chi connectivity index (χ3n) is 2.33. The molecule has 5 nitrogen and oxygen atoms in total. The van der Waals surface area contributed by atoms with Crippen LogP contribution in [0.5, 0.6) is 0 Å². The van der Waals surface area contributed by atoms with E-state index < -0.39 is 11.5 Å². The van der Waals surface area contributed by atoms with Gasteiger partial charge in [0.05, 0.1) is 5.56 Å². The lowest BCUT2D eigenvalue weighted by atomic mass is 10.0. The van der Waals surface area contributed by atoms with E-state index in [1.807, 2.05) is 19.1 Å². The number of aryl methyl sites for hydroxylation is 1. The number of carboxylic acid groups (broad SMARTS) is 1. The Morgan fingerprint density at radius 3 is 2.38 bits per heavy atom. The van der Waals surface area contributed by atoms with Crippen molar-refractivity contribution in [3.8, 4) is 11.1 Å². The molecule has 0 aliphatic rings. The van der Waals surface area contributed by atoms with E-state index in [9.17, 15) is 9.59 Å². The smallest absolute Gasteiger partial charge is 0.354 e. The first-order valence-electron chi connectivity index (χ1n) is 4.70. The molecule has 0 spiro atoms. The topological polar surface area (TPSA) is 85.9 Å². The Kier molecular flexibility index (Phi) is 2.36. The Bertz CT molecular complexity index is 578. The zero-order valence-corrected chi connectivity index (χ0v) is 8.57. The van der Waals surface area contributed by atoms with Gasteiger partial charge < -0.3 is 5.11 Å². The number of rotatable bonds is 2. The van der Waals surface area contributed by atoms with Gasteiger partial charge in [-0.05, 0) is 12.5 Å². The maximum absolute atomic E-state index is 11.5. The maximum atomic E-state index is 11.5. The molecular weight excluding hydrogens is 208 g/mol. The molecule has 0 radical (unpaired) electrons. The second kappa shape index (κ2) is 3.69. The Morgan fingerprint density at radius 1 is 1.19 bits per heavy atom. The molecule has 3 N–H and O–H groups in total. The number of H-pyrrole nitrogens is 2. The van der Waals surface area contributed by atoms with Crippen LogP contribution in [0.15, 0.2) is 29.1 Å². The third-order valence-corrected chi connectivity index (χ3v) is 2.33. The van der Waals surface area contributed by atoms with Gasteiger partial charge in [-0.25, -0.2) is 4.79 Å². The van der Waals surface area contributed by atoms with Gasteiger partial charge in [-0.15, -0.1) is 0 Å². The molecule has 2 rings (SSSR count). The normalized spacial score (nSPS) is 10.3. The van der Waals surface area contributed by atoms with Crippen LogP contribution < -0.4 is 5.56 Å². The molecule has 1 heterocycles. The largest absolute Gasteiger partial charge is 0.477 e. The number of hydrogen-bond acceptors (Lipinski definition) is 2. The molecule has 16 heavy (non-hydrogen) atoms. The van der Waals surface area contributed by atoms with E-state index >= 15 is 0 Å². The molecule has 82 valence electrons. The molecule has 0 saturated heterocycles. The standard InChI is InChI=1S/C11H10N2O3/c1-6-2-4-7(5-3-6)8-9(11(15)16)12-13-10(8)14/h2-5H,1H3,(H,15,16)(H2,12,13,14). The Morgan fingerprint density at radius 2 is 1.81 bits per heavy atom. The predicted molar refractivity (Wildman–Crippen MR) is 58.5 cm³/mol. The quantitative estimate of drug-likeness (QED) is 0.711. The fourth-order valence-corrected chi connectivity index (χ4v) is 1.51. The van der Waals surface area contributed by atoms with Crippen molar-refractivity contribution < 1.29 is 9.90 Å². The number of aromatic carboxylic acids is 1. The van der Waals surface area contributed by atoms with Crippen LogP contribution in [-0.2, 0) is 0 Å². The summed E-state index contributed by atoms with van der Waals surface area (Å²) in [4.78, 5) is 22.4. The van der Waals surface area contributed by atoms with Gasteiger partial charge in [0.1, 0.15) is 0 Å². The molecule has 1 aromatic heterocycles. The first-order valence-corrected chi connectivity index (χ1v) is 4.70. The number of aromatic amines is 2. The summed E-state index contributed by atoms with van der Waals surface area (Å²) in [7, 11) is 0.